The molecule has 0 bridgehead atoms. The van der Waals surface area contributed by atoms with Gasteiger partial charge in [0.2, 0.25) is 0 Å². The van der Waals surface area contributed by atoms with E-state index in [1.807, 2.05) is 4.90 Å². The number of primary amides is 1. The van der Waals surface area contributed by atoms with E-state index in [2.05, 4.69) is 9.97 Å². The van der Waals surface area contributed by atoms with Crippen LogP contribution >= 0.6 is 0 Å². The SMILES string of the molecule is C[C@](O)(c1ccc(C(=O)N(C2CC2)[C@H]2CC[C@@](COC(N)=O)(c3ncccn3)CC2)cc1)C(F)(F)F. The van der Waals surface area contributed by atoms with Crippen molar-refractivity contribution in [1.82, 2.24) is 14.9 Å². The van der Waals surface area contributed by atoms with Crippen molar-refractivity contribution < 1.29 is 32.6 Å². The van der Waals surface area contributed by atoms with Gasteiger partial charge in [-0.3, -0.25) is 4.79 Å². The van der Waals surface area contributed by atoms with Gasteiger partial charge < -0.3 is 20.5 Å². The molecule has 2 fully saturated rings. The molecule has 2 aromatic rings. The number of halogens is 3. The maximum atomic E-state index is 13.5. The van der Waals surface area contributed by atoms with Crippen LogP contribution in [0.15, 0.2) is 42.7 Å². The number of amides is 2. The van der Waals surface area contributed by atoms with Crippen molar-refractivity contribution in [2.45, 2.75) is 74.7 Å². The van der Waals surface area contributed by atoms with E-state index in [-0.39, 0.29) is 35.7 Å². The third kappa shape index (κ3) is 5.16. The summed E-state index contributed by atoms with van der Waals surface area (Å²) in [5.41, 5.74) is 1.52. The molecule has 1 atom stereocenters. The van der Waals surface area contributed by atoms with E-state index < -0.39 is 23.3 Å². The number of ether oxygens (including phenoxy) is 1. The molecule has 1 heterocycles. The molecule has 8 nitrogen and oxygen atoms in total. The van der Waals surface area contributed by atoms with Crippen LogP contribution < -0.4 is 5.73 Å². The van der Waals surface area contributed by atoms with Crippen LogP contribution in [0, 0.1) is 0 Å². The Morgan fingerprint density at radius 2 is 1.64 bits per heavy atom. The van der Waals surface area contributed by atoms with Crippen LogP contribution in [0.1, 0.15) is 67.2 Å². The number of hydrogen-bond acceptors (Lipinski definition) is 6. The molecule has 2 aliphatic rings. The van der Waals surface area contributed by atoms with E-state index in [4.69, 9.17) is 10.5 Å². The third-order valence-electron chi connectivity index (χ3n) is 7.26. The molecular formula is C25H29F3N4O4. The second kappa shape index (κ2) is 9.68. The Bertz CT molecular complexity index is 1080. The number of nitrogens with two attached hydrogens (primary N) is 1. The van der Waals surface area contributed by atoms with Gasteiger partial charge in [-0.05, 0) is 69.2 Å². The number of carbonyl (C=O) groups excluding carboxylic acids is 2. The van der Waals surface area contributed by atoms with Crippen molar-refractivity contribution in [3.05, 3.63) is 59.7 Å². The molecule has 0 radical (unpaired) electrons. The van der Waals surface area contributed by atoms with Gasteiger partial charge >= 0.3 is 12.3 Å². The fraction of sp³-hybridized carbons (Fsp3) is 0.520. The normalized spacial score (nSPS) is 24.0. The van der Waals surface area contributed by atoms with Crippen LogP contribution in [-0.2, 0) is 15.8 Å². The van der Waals surface area contributed by atoms with Crippen molar-refractivity contribution in [2.24, 2.45) is 5.73 Å². The van der Waals surface area contributed by atoms with Crippen LogP contribution in [0.2, 0.25) is 0 Å². The largest absolute Gasteiger partial charge is 0.449 e. The molecule has 0 unspecified atom stereocenters. The van der Waals surface area contributed by atoms with Crippen molar-refractivity contribution in [2.75, 3.05) is 6.61 Å². The number of alkyl halides is 3. The first-order valence-electron chi connectivity index (χ1n) is 11.9. The number of hydrogen-bond donors (Lipinski definition) is 2. The maximum absolute atomic E-state index is 13.5. The van der Waals surface area contributed by atoms with Crippen LogP contribution in [0.25, 0.3) is 0 Å². The molecule has 11 heteroatoms. The monoisotopic (exact) mass is 506 g/mol. The summed E-state index contributed by atoms with van der Waals surface area (Å²) in [6.45, 7) is 0.726. The highest BCUT2D eigenvalue weighted by Gasteiger charge is 2.51. The summed E-state index contributed by atoms with van der Waals surface area (Å²) in [5.74, 6) is 0.304. The standard InChI is InChI=1S/C25H29F3N4O4/c1-23(35,25(26,27)28)17-5-3-16(4-6-17)20(33)32(18-7-8-18)19-9-11-24(12-10-19,15-36-22(29)34)21-30-13-2-14-31-21/h2-6,13-14,18-19,35H,7-12,15H2,1H3,(H2,29,34)/t19-,23-,24+/m0/s1. The highest BCUT2D eigenvalue weighted by molar-refractivity contribution is 5.95. The van der Waals surface area contributed by atoms with Crippen molar-refractivity contribution >= 4 is 12.0 Å². The van der Waals surface area contributed by atoms with Gasteiger partial charge in [0.15, 0.2) is 5.60 Å². The van der Waals surface area contributed by atoms with Crippen LogP contribution in [-0.4, -0.2) is 56.8 Å². The fourth-order valence-corrected chi connectivity index (χ4v) is 4.88. The van der Waals surface area contributed by atoms with Gasteiger partial charge in [-0.15, -0.1) is 0 Å². The average Bonchev–Trinajstić information content (AvgIpc) is 3.69. The number of carbonyl (C=O) groups is 2. The van der Waals surface area contributed by atoms with Gasteiger partial charge in [0.25, 0.3) is 5.91 Å². The third-order valence-corrected chi connectivity index (χ3v) is 7.26. The number of aromatic nitrogens is 2. The zero-order chi connectivity index (χ0) is 26.1. The Labute approximate surface area is 206 Å². The zero-order valence-corrected chi connectivity index (χ0v) is 19.9. The molecule has 2 amide bonds. The van der Waals surface area contributed by atoms with E-state index in [0.717, 1.165) is 25.0 Å². The van der Waals surface area contributed by atoms with E-state index in [9.17, 15) is 27.9 Å². The summed E-state index contributed by atoms with van der Waals surface area (Å²) in [4.78, 5) is 35.3. The van der Waals surface area contributed by atoms with Crippen molar-refractivity contribution in [3.63, 3.8) is 0 Å². The predicted octanol–water partition coefficient (Wildman–Crippen LogP) is 3.83. The van der Waals surface area contributed by atoms with Gasteiger partial charge in [0.05, 0.1) is 5.41 Å². The minimum absolute atomic E-state index is 0.0387. The zero-order valence-electron chi connectivity index (χ0n) is 19.9. The Balaban J connectivity index is 1.51. The molecule has 4 rings (SSSR count). The van der Waals surface area contributed by atoms with Gasteiger partial charge in [0, 0.05) is 30.0 Å². The summed E-state index contributed by atoms with van der Waals surface area (Å²) < 4.78 is 44.7. The summed E-state index contributed by atoms with van der Waals surface area (Å²) in [6.07, 6.45) is 1.62. The second-order valence-electron chi connectivity index (χ2n) is 9.78. The second-order valence-corrected chi connectivity index (χ2v) is 9.78. The van der Waals surface area contributed by atoms with Crippen LogP contribution in [0.3, 0.4) is 0 Å². The van der Waals surface area contributed by atoms with Crippen LogP contribution in [0.5, 0.6) is 0 Å². The minimum atomic E-state index is -4.84. The highest BCUT2D eigenvalue weighted by atomic mass is 19.4. The lowest BCUT2D eigenvalue weighted by Crippen LogP contribution is -2.48. The number of benzene rings is 1. The molecule has 1 aromatic carbocycles. The topological polar surface area (TPSA) is 119 Å². The molecule has 0 saturated heterocycles. The summed E-state index contributed by atoms with van der Waals surface area (Å²) >= 11 is 0. The Morgan fingerprint density at radius 1 is 1.08 bits per heavy atom. The van der Waals surface area contributed by atoms with E-state index in [1.54, 1.807) is 18.5 Å². The van der Waals surface area contributed by atoms with Crippen LogP contribution in [0.4, 0.5) is 18.0 Å². The first kappa shape index (κ1) is 25.9. The quantitative estimate of drug-likeness (QED) is 0.589. The lowest BCUT2D eigenvalue weighted by molar-refractivity contribution is -0.258. The number of nitrogens with zero attached hydrogens (tertiary/aromatic N) is 3. The van der Waals surface area contributed by atoms with Crippen molar-refractivity contribution in [3.8, 4) is 0 Å². The molecule has 0 aliphatic heterocycles. The molecule has 2 aliphatic carbocycles. The molecule has 1 aromatic heterocycles. The molecule has 0 spiro atoms. The maximum Gasteiger partial charge on any atom is 0.421 e. The molecule has 3 N–H and O–H groups in total. The van der Waals surface area contributed by atoms with Gasteiger partial charge in [0.1, 0.15) is 12.4 Å². The van der Waals surface area contributed by atoms with Gasteiger partial charge in [-0.2, -0.15) is 13.2 Å². The first-order chi connectivity index (χ1) is 16.9. The minimum Gasteiger partial charge on any atom is -0.449 e. The van der Waals surface area contributed by atoms with E-state index in [1.165, 1.54) is 12.1 Å². The predicted molar refractivity (Wildman–Crippen MR) is 123 cm³/mol. The molecule has 194 valence electrons. The Morgan fingerprint density at radius 3 is 2.14 bits per heavy atom. The Hall–Kier alpha value is -3.21. The fourth-order valence-electron chi connectivity index (χ4n) is 4.88. The lowest BCUT2D eigenvalue weighted by Gasteiger charge is -2.42. The smallest absolute Gasteiger partial charge is 0.421 e. The van der Waals surface area contributed by atoms with Crippen molar-refractivity contribution in [1.29, 1.82) is 0 Å². The summed E-state index contributed by atoms with van der Waals surface area (Å²) in [7, 11) is 0. The molecule has 36 heavy (non-hydrogen) atoms. The average molecular weight is 507 g/mol. The van der Waals surface area contributed by atoms with E-state index in [0.29, 0.717) is 38.4 Å². The molecule has 2 saturated carbocycles. The first-order valence-corrected chi connectivity index (χ1v) is 11.9. The van der Waals surface area contributed by atoms with Gasteiger partial charge in [-0.1, -0.05) is 12.1 Å². The van der Waals surface area contributed by atoms with E-state index >= 15 is 0 Å². The number of rotatable bonds is 7. The van der Waals surface area contributed by atoms with Gasteiger partial charge in [-0.25, -0.2) is 14.8 Å². The lowest BCUT2D eigenvalue weighted by atomic mass is 9.71. The summed E-state index contributed by atoms with van der Waals surface area (Å²) in [6, 6.07) is 6.63. The Kier molecular flexibility index (Phi) is 6.96. The summed E-state index contributed by atoms with van der Waals surface area (Å²) in [5, 5.41) is 9.91. The molecular weight excluding hydrogens is 477 g/mol. The highest BCUT2D eigenvalue weighted by Crippen LogP contribution is 2.43. The number of aliphatic hydroxyl groups is 1.